The maximum atomic E-state index is 14.3. The predicted octanol–water partition coefficient (Wildman–Crippen LogP) is 4.24. The first-order valence-corrected chi connectivity index (χ1v) is 13.5. The van der Waals surface area contributed by atoms with Gasteiger partial charge in [-0.05, 0) is 48.5 Å². The average Bonchev–Trinajstić information content (AvgIpc) is 2.89. The summed E-state index contributed by atoms with van der Waals surface area (Å²) in [5.41, 5.74) is 2.09. The van der Waals surface area contributed by atoms with Gasteiger partial charge in [-0.3, -0.25) is 9.78 Å². The highest BCUT2D eigenvalue weighted by Gasteiger charge is 2.29. The van der Waals surface area contributed by atoms with Crippen molar-refractivity contribution in [2.45, 2.75) is 4.90 Å². The van der Waals surface area contributed by atoms with Crippen molar-refractivity contribution in [3.8, 4) is 0 Å². The van der Waals surface area contributed by atoms with E-state index in [0.29, 0.717) is 29.6 Å². The van der Waals surface area contributed by atoms with Crippen molar-refractivity contribution >= 4 is 46.4 Å². The Morgan fingerprint density at radius 1 is 0.912 bits per heavy atom. The summed E-state index contributed by atoms with van der Waals surface area (Å²) in [7, 11) is 0. The molecule has 1 aromatic heterocycles. The Morgan fingerprint density at radius 3 is 2.32 bits per heavy atom. The summed E-state index contributed by atoms with van der Waals surface area (Å²) in [6, 6.07) is 15.0. The van der Waals surface area contributed by atoms with E-state index >= 15 is 0 Å². The molecule has 2 aromatic carbocycles. The van der Waals surface area contributed by atoms with Crippen LogP contribution in [0.5, 0.6) is 0 Å². The fourth-order valence-electron chi connectivity index (χ4n) is 4.53. The van der Waals surface area contributed by atoms with E-state index in [1.807, 2.05) is 23.1 Å². The van der Waals surface area contributed by atoms with Crippen LogP contribution in [-0.4, -0.2) is 83.0 Å². The first kappa shape index (κ1) is 23.4. The van der Waals surface area contributed by atoms with E-state index in [2.05, 4.69) is 36.9 Å². The van der Waals surface area contributed by atoms with Crippen LogP contribution >= 0.6 is 23.9 Å². The van der Waals surface area contributed by atoms with Crippen LogP contribution in [0.1, 0.15) is 10.4 Å². The lowest BCUT2D eigenvalue weighted by Crippen LogP contribution is -2.47. The Labute approximate surface area is 208 Å². The summed E-state index contributed by atoms with van der Waals surface area (Å²) in [6.07, 6.45) is 3.75. The summed E-state index contributed by atoms with van der Waals surface area (Å²) >= 11 is 3.47. The van der Waals surface area contributed by atoms with Gasteiger partial charge in [-0.15, -0.1) is 0 Å². The fraction of sp³-hybridized carbons (Fsp3) is 0.360. The number of benzene rings is 2. The summed E-state index contributed by atoms with van der Waals surface area (Å²) in [5, 5.41) is 0.706. The van der Waals surface area contributed by atoms with E-state index < -0.39 is 0 Å². The van der Waals surface area contributed by atoms with Crippen molar-refractivity contribution in [2.24, 2.45) is 0 Å². The van der Waals surface area contributed by atoms with Gasteiger partial charge in [0.2, 0.25) is 0 Å². The van der Waals surface area contributed by atoms with Gasteiger partial charge in [0, 0.05) is 68.8 Å². The first-order valence-electron chi connectivity index (χ1n) is 11.5. The number of carbonyl (C=O) groups excluding carboxylic acids is 1. The molecule has 0 spiro atoms. The summed E-state index contributed by atoms with van der Waals surface area (Å²) in [6.45, 7) is 6.26. The number of hydrogen-bond donors (Lipinski definition) is 0. The Balaban J connectivity index is 1.41. The molecule has 34 heavy (non-hydrogen) atoms. The largest absolute Gasteiger partial charge is 0.368 e. The topological polar surface area (TPSA) is 42.9 Å². The van der Waals surface area contributed by atoms with Gasteiger partial charge in [-0.2, -0.15) is 0 Å². The second kappa shape index (κ2) is 10.5. The molecular formula is C25H28FN5OS2. The summed E-state index contributed by atoms with van der Waals surface area (Å²) in [5.74, 6) is -0.331. The third kappa shape index (κ3) is 5.02. The third-order valence-electron chi connectivity index (χ3n) is 6.35. The number of piperazine rings is 2. The van der Waals surface area contributed by atoms with E-state index in [0.717, 1.165) is 45.0 Å². The number of nitrogens with zero attached hydrogens (tertiary/aromatic N) is 5. The van der Waals surface area contributed by atoms with Crippen LogP contribution < -0.4 is 4.90 Å². The predicted molar refractivity (Wildman–Crippen MR) is 139 cm³/mol. The second-order valence-corrected chi connectivity index (χ2v) is 10.5. The van der Waals surface area contributed by atoms with Gasteiger partial charge in [0.05, 0.1) is 16.8 Å². The minimum atomic E-state index is -0.313. The molecule has 5 rings (SSSR count). The third-order valence-corrected chi connectivity index (χ3v) is 8.34. The normalized spacial score (nSPS) is 17.9. The smallest absolute Gasteiger partial charge is 0.257 e. The number of aromatic nitrogens is 1. The van der Waals surface area contributed by atoms with Gasteiger partial charge in [0.25, 0.3) is 5.91 Å². The number of carbonyl (C=O) groups is 1. The monoisotopic (exact) mass is 497 g/mol. The van der Waals surface area contributed by atoms with Gasteiger partial charge in [-0.25, -0.2) is 13.0 Å². The zero-order valence-corrected chi connectivity index (χ0v) is 20.8. The van der Waals surface area contributed by atoms with Crippen LogP contribution in [0.2, 0.25) is 0 Å². The molecule has 2 aliphatic heterocycles. The molecule has 178 valence electrons. The first-order chi connectivity index (χ1) is 16.6. The van der Waals surface area contributed by atoms with Crippen LogP contribution in [0.25, 0.3) is 10.9 Å². The molecule has 0 unspecified atom stereocenters. The highest BCUT2D eigenvalue weighted by atomic mass is 32.2. The van der Waals surface area contributed by atoms with Crippen molar-refractivity contribution in [1.82, 2.24) is 18.5 Å². The maximum absolute atomic E-state index is 14.3. The van der Waals surface area contributed by atoms with Crippen molar-refractivity contribution in [3.05, 3.63) is 66.1 Å². The molecule has 0 N–H and O–H groups in total. The molecule has 3 aromatic rings. The molecule has 2 fully saturated rings. The van der Waals surface area contributed by atoms with Gasteiger partial charge in [0.1, 0.15) is 5.82 Å². The average molecular weight is 498 g/mol. The van der Waals surface area contributed by atoms with Crippen LogP contribution in [0.15, 0.2) is 59.6 Å². The SMILES string of the molecule is CSN1CCN(C(=O)c2cnc3ccc(F)cc3c2N2CCN(Sc3ccccc3)CC2)CC1. The zero-order chi connectivity index (χ0) is 23.5. The molecular weight excluding hydrogens is 469 g/mol. The lowest BCUT2D eigenvalue weighted by atomic mass is 10.1. The number of fused-ring (bicyclic) bond motifs is 1. The van der Waals surface area contributed by atoms with Crippen molar-refractivity contribution in [3.63, 3.8) is 0 Å². The molecule has 6 nitrogen and oxygen atoms in total. The highest BCUT2D eigenvalue weighted by Crippen LogP contribution is 2.33. The molecule has 0 atom stereocenters. The van der Waals surface area contributed by atoms with Gasteiger partial charge < -0.3 is 9.80 Å². The van der Waals surface area contributed by atoms with E-state index in [1.54, 1.807) is 36.2 Å². The molecule has 2 saturated heterocycles. The molecule has 2 aliphatic rings. The van der Waals surface area contributed by atoms with Gasteiger partial charge in [-0.1, -0.05) is 30.1 Å². The zero-order valence-electron chi connectivity index (χ0n) is 19.2. The van der Waals surface area contributed by atoms with Crippen molar-refractivity contribution in [2.75, 3.05) is 63.5 Å². The fourth-order valence-corrected chi connectivity index (χ4v) is 5.98. The van der Waals surface area contributed by atoms with E-state index in [1.165, 1.54) is 17.0 Å². The molecule has 0 saturated carbocycles. The molecule has 0 radical (unpaired) electrons. The highest BCUT2D eigenvalue weighted by molar-refractivity contribution is 7.97. The van der Waals surface area contributed by atoms with Crippen LogP contribution in [-0.2, 0) is 0 Å². The molecule has 1 amide bonds. The minimum absolute atomic E-state index is 0.0181. The number of anilines is 1. The lowest BCUT2D eigenvalue weighted by molar-refractivity contribution is 0.0704. The standard InChI is InChI=1S/C25H28FN5OS2/c1-33-30-13-11-29(12-14-30)25(32)22-18-27-23-8-7-19(26)17-21(23)24(22)28-9-15-31(16-10-28)34-20-5-3-2-4-6-20/h2-8,17-18H,9-16H2,1H3. The number of halogens is 1. The molecule has 0 aliphatic carbocycles. The van der Waals surface area contributed by atoms with Gasteiger partial charge >= 0.3 is 0 Å². The van der Waals surface area contributed by atoms with E-state index in [9.17, 15) is 9.18 Å². The van der Waals surface area contributed by atoms with Crippen molar-refractivity contribution in [1.29, 1.82) is 0 Å². The quantitative estimate of drug-likeness (QED) is 0.489. The Bertz CT molecular complexity index is 1150. The Morgan fingerprint density at radius 2 is 1.62 bits per heavy atom. The van der Waals surface area contributed by atoms with Crippen LogP contribution in [0, 0.1) is 5.82 Å². The lowest BCUT2D eigenvalue weighted by Gasteiger charge is -2.38. The van der Waals surface area contributed by atoms with E-state index in [-0.39, 0.29) is 11.7 Å². The number of hydrogen-bond acceptors (Lipinski definition) is 7. The number of pyridine rings is 1. The summed E-state index contributed by atoms with van der Waals surface area (Å²) < 4.78 is 18.9. The Kier molecular flexibility index (Phi) is 7.24. The van der Waals surface area contributed by atoms with E-state index in [4.69, 9.17) is 0 Å². The number of amides is 1. The van der Waals surface area contributed by atoms with Crippen LogP contribution in [0.3, 0.4) is 0 Å². The second-order valence-electron chi connectivity index (χ2n) is 8.41. The number of rotatable bonds is 5. The Hall–Kier alpha value is -2.33. The maximum Gasteiger partial charge on any atom is 0.257 e. The summed E-state index contributed by atoms with van der Waals surface area (Å²) in [4.78, 5) is 23.5. The molecule has 9 heteroatoms. The van der Waals surface area contributed by atoms with Crippen molar-refractivity contribution < 1.29 is 9.18 Å². The van der Waals surface area contributed by atoms with Gasteiger partial charge in [0.15, 0.2) is 0 Å². The van der Waals surface area contributed by atoms with Crippen LogP contribution in [0.4, 0.5) is 10.1 Å². The molecule has 0 bridgehead atoms. The molecule has 3 heterocycles. The minimum Gasteiger partial charge on any atom is -0.368 e.